The molecule has 0 saturated heterocycles. The van der Waals surface area contributed by atoms with E-state index in [1.807, 2.05) is 0 Å². The Morgan fingerprint density at radius 2 is 2.04 bits per heavy atom. The van der Waals surface area contributed by atoms with Gasteiger partial charge in [0.25, 0.3) is 0 Å². The number of amides is 1. The van der Waals surface area contributed by atoms with Crippen LogP contribution in [0.2, 0.25) is 0 Å². The van der Waals surface area contributed by atoms with E-state index in [2.05, 4.69) is 10.4 Å². The SMILES string of the molecule is CSC(C)C(=O)Nc1cccc(-n2ncc(C(=O)O)c2C(F)(F)F)c1. The monoisotopic (exact) mass is 373 g/mol. The fourth-order valence-corrected chi connectivity index (χ4v) is 2.31. The van der Waals surface area contributed by atoms with Crippen molar-refractivity contribution in [1.82, 2.24) is 9.78 Å². The number of rotatable bonds is 5. The molecular weight excluding hydrogens is 359 g/mol. The predicted molar refractivity (Wildman–Crippen MR) is 87.1 cm³/mol. The summed E-state index contributed by atoms with van der Waals surface area (Å²) in [6.07, 6.45) is -2.50. The first-order valence-corrected chi connectivity index (χ1v) is 8.26. The van der Waals surface area contributed by atoms with Gasteiger partial charge in [-0.3, -0.25) is 4.79 Å². The minimum Gasteiger partial charge on any atom is -0.478 e. The van der Waals surface area contributed by atoms with Crippen LogP contribution >= 0.6 is 11.8 Å². The summed E-state index contributed by atoms with van der Waals surface area (Å²) in [5.41, 5.74) is -2.07. The molecule has 6 nitrogen and oxygen atoms in total. The summed E-state index contributed by atoms with van der Waals surface area (Å²) in [6.45, 7) is 1.69. The Morgan fingerprint density at radius 1 is 1.36 bits per heavy atom. The topological polar surface area (TPSA) is 84.2 Å². The average Bonchev–Trinajstić information content (AvgIpc) is 3.00. The van der Waals surface area contributed by atoms with Crippen molar-refractivity contribution < 1.29 is 27.9 Å². The average molecular weight is 373 g/mol. The van der Waals surface area contributed by atoms with Gasteiger partial charge < -0.3 is 10.4 Å². The van der Waals surface area contributed by atoms with Gasteiger partial charge in [-0.1, -0.05) is 6.07 Å². The number of anilines is 1. The number of hydrogen-bond donors (Lipinski definition) is 2. The number of benzene rings is 1. The van der Waals surface area contributed by atoms with Crippen LogP contribution in [0.25, 0.3) is 5.69 Å². The fraction of sp³-hybridized carbons (Fsp3) is 0.267. The van der Waals surface area contributed by atoms with E-state index in [1.165, 1.54) is 36.0 Å². The lowest BCUT2D eigenvalue weighted by Crippen LogP contribution is -2.22. The number of carbonyl (C=O) groups excluding carboxylic acids is 1. The molecule has 0 aliphatic heterocycles. The molecule has 25 heavy (non-hydrogen) atoms. The zero-order valence-corrected chi connectivity index (χ0v) is 14.0. The predicted octanol–water partition coefficient (Wildman–Crippen LogP) is 3.28. The number of nitrogens with zero attached hydrogens (tertiary/aromatic N) is 2. The first-order chi connectivity index (χ1) is 11.6. The second-order valence-corrected chi connectivity index (χ2v) is 6.22. The molecule has 0 aliphatic rings. The lowest BCUT2D eigenvalue weighted by molar-refractivity contribution is -0.143. The van der Waals surface area contributed by atoms with Crippen LogP contribution in [0.5, 0.6) is 0 Å². The highest BCUT2D eigenvalue weighted by atomic mass is 32.2. The number of nitrogens with one attached hydrogen (secondary N) is 1. The number of aromatic carboxylic acids is 1. The van der Waals surface area contributed by atoms with Crippen LogP contribution in [0.1, 0.15) is 23.0 Å². The van der Waals surface area contributed by atoms with Crippen molar-refractivity contribution in [2.75, 3.05) is 11.6 Å². The van der Waals surface area contributed by atoms with Crippen LogP contribution < -0.4 is 5.32 Å². The Morgan fingerprint density at radius 3 is 2.60 bits per heavy atom. The van der Waals surface area contributed by atoms with Gasteiger partial charge in [0.2, 0.25) is 5.91 Å². The van der Waals surface area contributed by atoms with E-state index in [-0.39, 0.29) is 22.5 Å². The van der Waals surface area contributed by atoms with Crippen LogP contribution in [0.4, 0.5) is 18.9 Å². The fourth-order valence-electron chi connectivity index (χ4n) is 2.04. The Balaban J connectivity index is 2.45. The molecule has 2 N–H and O–H groups in total. The number of alkyl halides is 3. The molecule has 0 aliphatic carbocycles. The van der Waals surface area contributed by atoms with Crippen molar-refractivity contribution in [3.63, 3.8) is 0 Å². The molecule has 1 unspecified atom stereocenters. The van der Waals surface area contributed by atoms with Crippen LogP contribution in [0, 0.1) is 0 Å². The first-order valence-electron chi connectivity index (χ1n) is 6.97. The molecule has 10 heteroatoms. The molecule has 2 aromatic rings. The lowest BCUT2D eigenvalue weighted by Gasteiger charge is -2.14. The Hall–Kier alpha value is -2.49. The molecule has 2 rings (SSSR count). The molecule has 0 bridgehead atoms. The molecule has 134 valence electrons. The van der Waals surface area contributed by atoms with E-state index in [0.29, 0.717) is 10.9 Å². The normalized spacial score (nSPS) is 12.7. The third kappa shape index (κ3) is 4.13. The van der Waals surface area contributed by atoms with Gasteiger partial charge in [-0.05, 0) is 31.4 Å². The third-order valence-corrected chi connectivity index (χ3v) is 4.27. The number of aromatic nitrogens is 2. The highest BCUT2D eigenvalue weighted by Gasteiger charge is 2.40. The third-order valence-electron chi connectivity index (χ3n) is 3.35. The van der Waals surface area contributed by atoms with Gasteiger partial charge in [0.15, 0.2) is 5.69 Å². The van der Waals surface area contributed by atoms with Gasteiger partial charge in [0.1, 0.15) is 5.56 Å². The molecule has 1 heterocycles. The van der Waals surface area contributed by atoms with E-state index in [1.54, 1.807) is 13.2 Å². The van der Waals surface area contributed by atoms with Crippen LogP contribution in [0.3, 0.4) is 0 Å². The smallest absolute Gasteiger partial charge is 0.434 e. The highest BCUT2D eigenvalue weighted by Crippen LogP contribution is 2.34. The maximum Gasteiger partial charge on any atom is 0.434 e. The zero-order valence-electron chi connectivity index (χ0n) is 13.2. The van der Waals surface area contributed by atoms with Gasteiger partial charge in [0, 0.05) is 5.69 Å². The Bertz CT molecular complexity index is 805. The summed E-state index contributed by atoms with van der Waals surface area (Å²) in [6, 6.07) is 5.58. The summed E-state index contributed by atoms with van der Waals surface area (Å²) < 4.78 is 40.3. The van der Waals surface area contributed by atoms with E-state index >= 15 is 0 Å². The van der Waals surface area contributed by atoms with Crippen molar-refractivity contribution in [3.8, 4) is 5.69 Å². The van der Waals surface area contributed by atoms with Gasteiger partial charge in [-0.15, -0.1) is 0 Å². The summed E-state index contributed by atoms with van der Waals surface area (Å²) in [5, 5.41) is 14.7. The zero-order chi connectivity index (χ0) is 18.8. The first kappa shape index (κ1) is 18.8. The van der Waals surface area contributed by atoms with Crippen molar-refractivity contribution in [2.24, 2.45) is 0 Å². The summed E-state index contributed by atoms with van der Waals surface area (Å²) in [7, 11) is 0. The highest BCUT2D eigenvalue weighted by molar-refractivity contribution is 7.99. The van der Waals surface area contributed by atoms with Crippen molar-refractivity contribution in [2.45, 2.75) is 18.3 Å². The molecular formula is C15H14F3N3O3S. The molecule has 0 radical (unpaired) electrons. The second kappa shape index (κ2) is 7.18. The summed E-state index contributed by atoms with van der Waals surface area (Å²) >= 11 is 1.32. The van der Waals surface area contributed by atoms with Crippen molar-refractivity contribution in [1.29, 1.82) is 0 Å². The van der Waals surface area contributed by atoms with E-state index in [0.717, 1.165) is 0 Å². The van der Waals surface area contributed by atoms with Crippen molar-refractivity contribution in [3.05, 3.63) is 41.7 Å². The van der Waals surface area contributed by atoms with Gasteiger partial charge >= 0.3 is 12.1 Å². The van der Waals surface area contributed by atoms with E-state index < -0.39 is 23.4 Å². The van der Waals surface area contributed by atoms with Crippen LogP contribution in [-0.2, 0) is 11.0 Å². The Labute approximate surface area is 145 Å². The molecule has 1 atom stereocenters. The van der Waals surface area contributed by atoms with Gasteiger partial charge in [-0.25, -0.2) is 9.48 Å². The number of thioether (sulfide) groups is 1. The minimum atomic E-state index is -4.91. The minimum absolute atomic E-state index is 0.0190. The summed E-state index contributed by atoms with van der Waals surface area (Å²) in [5.74, 6) is -2.02. The van der Waals surface area contributed by atoms with Crippen molar-refractivity contribution >= 4 is 29.3 Å². The van der Waals surface area contributed by atoms with Crippen LogP contribution in [-0.4, -0.2) is 38.3 Å². The molecule has 0 spiro atoms. The molecule has 1 aromatic heterocycles. The number of carboxylic acid groups (broad SMARTS) is 1. The quantitative estimate of drug-likeness (QED) is 0.840. The van der Waals surface area contributed by atoms with E-state index in [4.69, 9.17) is 5.11 Å². The largest absolute Gasteiger partial charge is 0.478 e. The number of halogens is 3. The maximum atomic E-state index is 13.3. The summed E-state index contributed by atoms with van der Waals surface area (Å²) in [4.78, 5) is 22.9. The molecule has 0 fully saturated rings. The lowest BCUT2D eigenvalue weighted by atomic mass is 10.2. The van der Waals surface area contributed by atoms with Crippen LogP contribution in [0.15, 0.2) is 30.5 Å². The maximum absolute atomic E-state index is 13.3. The number of hydrogen-bond acceptors (Lipinski definition) is 4. The standard InChI is InChI=1S/C15H14F3N3O3S/c1-8(25-2)13(22)20-9-4-3-5-10(6-9)21-12(15(16,17)18)11(7-19-21)14(23)24/h3-8H,1-2H3,(H,20,22)(H,23,24). The number of carbonyl (C=O) groups is 2. The molecule has 1 aromatic carbocycles. The van der Waals surface area contributed by atoms with E-state index in [9.17, 15) is 22.8 Å². The molecule has 0 saturated carbocycles. The number of carboxylic acids is 1. The Kier molecular flexibility index (Phi) is 5.41. The van der Waals surface area contributed by atoms with Gasteiger partial charge in [0.05, 0.1) is 17.1 Å². The molecule has 1 amide bonds. The van der Waals surface area contributed by atoms with Gasteiger partial charge in [-0.2, -0.15) is 30.0 Å². The second-order valence-electron chi connectivity index (χ2n) is 5.04.